The zero-order chi connectivity index (χ0) is 12.4. The van der Waals surface area contributed by atoms with Crippen molar-refractivity contribution in [2.45, 2.75) is 12.8 Å². The Morgan fingerprint density at radius 1 is 1.39 bits per heavy atom. The smallest absolute Gasteiger partial charge is 0.303 e. The Kier molecular flexibility index (Phi) is 4.33. The maximum atomic E-state index is 10.4. The molecule has 5 nitrogen and oxygen atoms in total. The maximum absolute atomic E-state index is 10.4. The van der Waals surface area contributed by atoms with Crippen molar-refractivity contribution in [3.8, 4) is 0 Å². The number of furan rings is 1. The number of amidine groups is 1. The highest BCUT2D eigenvalue weighted by molar-refractivity contribution is 5.98. The fourth-order valence-electron chi connectivity index (χ4n) is 1.62. The van der Waals surface area contributed by atoms with Crippen LogP contribution in [0.4, 0.5) is 0 Å². The van der Waals surface area contributed by atoms with Gasteiger partial charge in [-0.05, 0) is 24.3 Å². The summed E-state index contributed by atoms with van der Waals surface area (Å²) in [5.41, 5.74) is 6.69. The zero-order valence-electron chi connectivity index (χ0n) is 9.47. The average molecular weight is 269 g/mol. The molecule has 4 N–H and O–H groups in total. The number of carboxylic acids is 1. The number of halogens is 1. The van der Waals surface area contributed by atoms with Gasteiger partial charge in [0, 0.05) is 17.4 Å². The molecular formula is C12H13ClN2O3. The van der Waals surface area contributed by atoms with E-state index in [0.717, 1.165) is 5.39 Å². The van der Waals surface area contributed by atoms with Crippen LogP contribution in [0.5, 0.6) is 0 Å². The molecule has 0 aliphatic heterocycles. The SMILES string of the molecule is Cl.N=C(N)c1ccc2oc(CCC(=O)O)cc2c1. The number of rotatable bonds is 4. The van der Waals surface area contributed by atoms with Gasteiger partial charge in [-0.25, -0.2) is 0 Å². The van der Waals surface area contributed by atoms with E-state index < -0.39 is 5.97 Å². The Morgan fingerprint density at radius 2 is 2.11 bits per heavy atom. The van der Waals surface area contributed by atoms with Crippen molar-refractivity contribution in [1.29, 1.82) is 5.41 Å². The summed E-state index contributed by atoms with van der Waals surface area (Å²) in [5.74, 6) is -0.224. The first-order valence-electron chi connectivity index (χ1n) is 5.15. The highest BCUT2D eigenvalue weighted by Gasteiger charge is 2.07. The molecule has 2 rings (SSSR count). The number of nitrogens with two attached hydrogens (primary N) is 1. The molecule has 96 valence electrons. The monoisotopic (exact) mass is 268 g/mol. The normalized spacial score (nSPS) is 10.0. The van der Waals surface area contributed by atoms with Crippen molar-refractivity contribution >= 4 is 35.2 Å². The van der Waals surface area contributed by atoms with Crippen LogP contribution >= 0.6 is 12.4 Å². The van der Waals surface area contributed by atoms with Crippen molar-refractivity contribution in [3.63, 3.8) is 0 Å². The van der Waals surface area contributed by atoms with E-state index in [1.807, 2.05) is 0 Å². The van der Waals surface area contributed by atoms with Gasteiger partial charge in [0.1, 0.15) is 17.2 Å². The minimum atomic E-state index is -0.852. The van der Waals surface area contributed by atoms with Gasteiger partial charge in [-0.1, -0.05) is 0 Å². The van der Waals surface area contributed by atoms with Crippen molar-refractivity contribution in [3.05, 3.63) is 35.6 Å². The summed E-state index contributed by atoms with van der Waals surface area (Å²) in [6, 6.07) is 6.97. The number of carboxylic acid groups (broad SMARTS) is 1. The molecule has 0 fully saturated rings. The van der Waals surface area contributed by atoms with Gasteiger partial charge in [0.2, 0.25) is 0 Å². The van der Waals surface area contributed by atoms with Gasteiger partial charge < -0.3 is 15.3 Å². The molecule has 18 heavy (non-hydrogen) atoms. The van der Waals surface area contributed by atoms with Crippen LogP contribution in [-0.2, 0) is 11.2 Å². The Hall–Kier alpha value is -2.01. The summed E-state index contributed by atoms with van der Waals surface area (Å²) in [4.78, 5) is 10.4. The topological polar surface area (TPSA) is 100 Å². The number of aryl methyl sites for hydroxylation is 1. The van der Waals surface area contributed by atoms with E-state index in [0.29, 0.717) is 23.3 Å². The summed E-state index contributed by atoms with van der Waals surface area (Å²) in [5, 5.41) is 16.7. The number of nitrogens with one attached hydrogen (secondary N) is 1. The zero-order valence-corrected chi connectivity index (χ0v) is 10.3. The summed E-state index contributed by atoms with van der Waals surface area (Å²) >= 11 is 0. The molecule has 0 amide bonds. The van der Waals surface area contributed by atoms with E-state index in [-0.39, 0.29) is 24.7 Å². The molecule has 0 saturated carbocycles. The minimum absolute atomic E-state index is 0. The summed E-state index contributed by atoms with van der Waals surface area (Å²) in [7, 11) is 0. The van der Waals surface area contributed by atoms with Gasteiger partial charge in [0.05, 0.1) is 6.42 Å². The minimum Gasteiger partial charge on any atom is -0.481 e. The first-order chi connectivity index (χ1) is 8.06. The number of aliphatic carboxylic acids is 1. The molecule has 0 aliphatic rings. The van der Waals surface area contributed by atoms with Crippen LogP contribution in [-0.4, -0.2) is 16.9 Å². The van der Waals surface area contributed by atoms with Crippen LogP contribution in [0, 0.1) is 5.41 Å². The van der Waals surface area contributed by atoms with Crippen LogP contribution < -0.4 is 5.73 Å². The fraction of sp³-hybridized carbons (Fsp3) is 0.167. The third-order valence-corrected chi connectivity index (χ3v) is 2.46. The third kappa shape index (κ3) is 3.01. The quantitative estimate of drug-likeness (QED) is 0.584. The largest absolute Gasteiger partial charge is 0.481 e. The molecule has 0 atom stereocenters. The summed E-state index contributed by atoms with van der Waals surface area (Å²) in [6.07, 6.45) is 0.402. The lowest BCUT2D eigenvalue weighted by Crippen LogP contribution is -2.10. The Bertz CT molecular complexity index is 592. The van der Waals surface area contributed by atoms with Crippen LogP contribution in [0.15, 0.2) is 28.7 Å². The number of benzene rings is 1. The molecule has 1 heterocycles. The van der Waals surface area contributed by atoms with Crippen LogP contribution in [0.25, 0.3) is 11.0 Å². The van der Waals surface area contributed by atoms with Crippen LogP contribution in [0.1, 0.15) is 17.7 Å². The predicted octanol–water partition coefficient (Wildman–Crippen LogP) is 2.16. The summed E-state index contributed by atoms with van der Waals surface area (Å²) < 4.78 is 5.48. The lowest BCUT2D eigenvalue weighted by Gasteiger charge is -1.96. The highest BCUT2D eigenvalue weighted by Crippen LogP contribution is 2.21. The maximum Gasteiger partial charge on any atom is 0.303 e. The van der Waals surface area contributed by atoms with E-state index in [1.54, 1.807) is 24.3 Å². The van der Waals surface area contributed by atoms with Gasteiger partial charge in [-0.15, -0.1) is 12.4 Å². The third-order valence-electron chi connectivity index (χ3n) is 2.46. The standard InChI is InChI=1S/C12H12N2O3.ClH/c13-12(14)7-1-3-10-8(5-7)6-9(17-10)2-4-11(15)16;/h1,3,5-6H,2,4H2,(H3,13,14)(H,15,16);1H. The number of hydrogen-bond donors (Lipinski definition) is 3. The molecule has 1 aromatic heterocycles. The van der Waals surface area contributed by atoms with E-state index in [4.69, 9.17) is 20.7 Å². The number of fused-ring (bicyclic) bond motifs is 1. The summed E-state index contributed by atoms with van der Waals surface area (Å²) in [6.45, 7) is 0. The molecule has 6 heteroatoms. The predicted molar refractivity (Wildman–Crippen MR) is 70.4 cm³/mol. The molecule has 0 spiro atoms. The first-order valence-corrected chi connectivity index (χ1v) is 5.15. The molecular weight excluding hydrogens is 256 g/mol. The van der Waals surface area contributed by atoms with Crippen LogP contribution in [0.3, 0.4) is 0 Å². The molecule has 0 aliphatic carbocycles. The van der Waals surface area contributed by atoms with Gasteiger partial charge in [-0.2, -0.15) is 0 Å². The van der Waals surface area contributed by atoms with E-state index >= 15 is 0 Å². The number of hydrogen-bond acceptors (Lipinski definition) is 3. The van der Waals surface area contributed by atoms with Gasteiger partial charge in [0.25, 0.3) is 0 Å². The molecule has 0 bridgehead atoms. The van der Waals surface area contributed by atoms with Gasteiger partial charge in [0.15, 0.2) is 0 Å². The Balaban J connectivity index is 0.00000162. The second kappa shape index (κ2) is 5.55. The van der Waals surface area contributed by atoms with Crippen molar-refractivity contribution < 1.29 is 14.3 Å². The van der Waals surface area contributed by atoms with Crippen molar-refractivity contribution in [1.82, 2.24) is 0 Å². The van der Waals surface area contributed by atoms with E-state index in [9.17, 15) is 4.79 Å². The molecule has 0 radical (unpaired) electrons. The number of carbonyl (C=O) groups is 1. The molecule has 0 saturated heterocycles. The van der Waals surface area contributed by atoms with Gasteiger partial charge in [-0.3, -0.25) is 10.2 Å². The lowest BCUT2D eigenvalue weighted by molar-refractivity contribution is -0.137. The van der Waals surface area contributed by atoms with Crippen molar-refractivity contribution in [2.24, 2.45) is 5.73 Å². The first kappa shape index (κ1) is 14.1. The second-order valence-corrected chi connectivity index (χ2v) is 3.77. The Morgan fingerprint density at radius 3 is 2.72 bits per heavy atom. The van der Waals surface area contributed by atoms with Crippen molar-refractivity contribution in [2.75, 3.05) is 0 Å². The van der Waals surface area contributed by atoms with Crippen LogP contribution in [0.2, 0.25) is 0 Å². The molecule has 2 aromatic rings. The van der Waals surface area contributed by atoms with Gasteiger partial charge >= 0.3 is 5.97 Å². The van der Waals surface area contributed by atoms with E-state index in [1.165, 1.54) is 0 Å². The van der Waals surface area contributed by atoms with E-state index in [2.05, 4.69) is 0 Å². The Labute approximate surface area is 110 Å². The average Bonchev–Trinajstić information content (AvgIpc) is 2.67. The highest BCUT2D eigenvalue weighted by atomic mass is 35.5. The molecule has 0 unspecified atom stereocenters. The molecule has 1 aromatic carbocycles. The number of nitrogen functional groups attached to an aromatic ring is 1. The lowest BCUT2D eigenvalue weighted by atomic mass is 10.1. The fourth-order valence-corrected chi connectivity index (χ4v) is 1.62. The second-order valence-electron chi connectivity index (χ2n) is 3.77.